The second-order valence-electron chi connectivity index (χ2n) is 5.99. The Morgan fingerprint density at radius 1 is 1.12 bits per heavy atom. The van der Waals surface area contributed by atoms with Crippen molar-refractivity contribution in [2.24, 2.45) is 0 Å². The van der Waals surface area contributed by atoms with E-state index in [0.29, 0.717) is 30.0 Å². The average Bonchev–Trinajstić information content (AvgIpc) is 3.13. The monoisotopic (exact) mass is 338 g/mol. The Labute approximate surface area is 145 Å². The summed E-state index contributed by atoms with van der Waals surface area (Å²) in [6, 6.07) is 9.29. The predicted molar refractivity (Wildman–Crippen MR) is 92.0 cm³/mol. The first kappa shape index (κ1) is 15.5. The predicted octanol–water partition coefficient (Wildman–Crippen LogP) is 3.04. The zero-order valence-corrected chi connectivity index (χ0v) is 14.1. The number of aromatic nitrogens is 1. The van der Waals surface area contributed by atoms with Crippen LogP contribution in [0.2, 0.25) is 0 Å². The lowest BCUT2D eigenvalue weighted by Gasteiger charge is -2.29. The zero-order valence-electron chi connectivity index (χ0n) is 14.1. The summed E-state index contributed by atoms with van der Waals surface area (Å²) >= 11 is 0. The number of oxazole rings is 1. The molecule has 0 bridgehead atoms. The normalized spacial score (nSPS) is 13.6. The number of ether oxygens (including phenoxy) is 2. The first-order valence-electron chi connectivity index (χ1n) is 8.06. The highest BCUT2D eigenvalue weighted by Gasteiger charge is 2.24. The van der Waals surface area contributed by atoms with Gasteiger partial charge in [0.05, 0.1) is 14.2 Å². The lowest BCUT2D eigenvalue weighted by atomic mass is 9.98. The van der Waals surface area contributed by atoms with Gasteiger partial charge in [-0.25, -0.2) is 4.98 Å². The fraction of sp³-hybridized carbons (Fsp3) is 0.263. The third-order valence-electron chi connectivity index (χ3n) is 4.58. The molecular formula is C19H18N2O4. The number of nitrogens with zero attached hydrogens (tertiary/aromatic N) is 2. The Morgan fingerprint density at radius 2 is 1.88 bits per heavy atom. The van der Waals surface area contributed by atoms with E-state index >= 15 is 0 Å². The molecular weight excluding hydrogens is 320 g/mol. The van der Waals surface area contributed by atoms with Gasteiger partial charge in [0.15, 0.2) is 23.5 Å². The van der Waals surface area contributed by atoms with Gasteiger partial charge in [0.1, 0.15) is 5.52 Å². The van der Waals surface area contributed by atoms with Crippen LogP contribution in [-0.4, -0.2) is 36.6 Å². The van der Waals surface area contributed by atoms with E-state index in [9.17, 15) is 4.79 Å². The van der Waals surface area contributed by atoms with Gasteiger partial charge in [-0.1, -0.05) is 0 Å². The van der Waals surface area contributed by atoms with E-state index in [0.717, 1.165) is 23.3 Å². The number of carbonyl (C=O) groups excluding carboxylic acids is 1. The maximum absolute atomic E-state index is 12.9. The van der Waals surface area contributed by atoms with Gasteiger partial charge < -0.3 is 18.8 Å². The van der Waals surface area contributed by atoms with Crippen LogP contribution in [-0.2, 0) is 13.0 Å². The van der Waals surface area contributed by atoms with Crippen molar-refractivity contribution >= 4 is 17.0 Å². The molecule has 3 aromatic rings. The van der Waals surface area contributed by atoms with Crippen LogP contribution in [0.4, 0.5) is 0 Å². The van der Waals surface area contributed by atoms with Gasteiger partial charge in [0.2, 0.25) is 0 Å². The number of amides is 1. The summed E-state index contributed by atoms with van der Waals surface area (Å²) in [7, 11) is 3.24. The SMILES string of the molecule is COc1cc2c(cc1OC)CN(C(=O)c1ccc3ncoc3c1)CC2. The van der Waals surface area contributed by atoms with Crippen LogP contribution >= 0.6 is 0 Å². The quantitative estimate of drug-likeness (QED) is 0.734. The van der Waals surface area contributed by atoms with E-state index in [-0.39, 0.29) is 5.91 Å². The van der Waals surface area contributed by atoms with Gasteiger partial charge in [0.25, 0.3) is 5.91 Å². The Kier molecular flexibility index (Phi) is 3.80. The topological polar surface area (TPSA) is 64.8 Å². The van der Waals surface area contributed by atoms with Gasteiger partial charge in [-0.2, -0.15) is 0 Å². The highest BCUT2D eigenvalue weighted by atomic mass is 16.5. The second kappa shape index (κ2) is 6.12. The van der Waals surface area contributed by atoms with Gasteiger partial charge in [-0.3, -0.25) is 4.79 Å². The molecule has 0 spiro atoms. The van der Waals surface area contributed by atoms with Crippen molar-refractivity contribution in [3.8, 4) is 11.5 Å². The number of benzene rings is 2. The Bertz CT molecular complexity index is 948. The lowest BCUT2D eigenvalue weighted by Crippen LogP contribution is -2.36. The van der Waals surface area contributed by atoms with Crippen molar-refractivity contribution in [2.75, 3.05) is 20.8 Å². The van der Waals surface area contributed by atoms with E-state index < -0.39 is 0 Å². The van der Waals surface area contributed by atoms with E-state index in [1.54, 1.807) is 32.4 Å². The summed E-state index contributed by atoms with van der Waals surface area (Å²) in [6.07, 6.45) is 2.17. The molecule has 2 heterocycles. The van der Waals surface area contributed by atoms with Gasteiger partial charge >= 0.3 is 0 Å². The standard InChI is InChI=1S/C19H18N2O4/c1-23-17-7-12-5-6-21(10-14(12)9-18(17)24-2)19(22)13-3-4-15-16(8-13)25-11-20-15/h3-4,7-9,11H,5-6,10H2,1-2H3. The van der Waals surface area contributed by atoms with Crippen LogP contribution < -0.4 is 9.47 Å². The fourth-order valence-corrected chi connectivity index (χ4v) is 3.23. The zero-order chi connectivity index (χ0) is 17.4. The van der Waals surface area contributed by atoms with Crippen molar-refractivity contribution in [1.82, 2.24) is 9.88 Å². The van der Waals surface area contributed by atoms with Crippen LogP contribution in [0.25, 0.3) is 11.1 Å². The van der Waals surface area contributed by atoms with Crippen LogP contribution in [0.1, 0.15) is 21.5 Å². The van der Waals surface area contributed by atoms with Crippen molar-refractivity contribution in [2.45, 2.75) is 13.0 Å². The molecule has 0 aliphatic carbocycles. The van der Waals surface area contributed by atoms with Gasteiger partial charge in [0, 0.05) is 18.7 Å². The van der Waals surface area contributed by atoms with Gasteiger partial charge in [-0.05, 0) is 47.9 Å². The van der Waals surface area contributed by atoms with E-state index in [4.69, 9.17) is 13.9 Å². The molecule has 0 saturated heterocycles. The van der Waals surface area contributed by atoms with Gasteiger partial charge in [-0.15, -0.1) is 0 Å². The molecule has 2 aromatic carbocycles. The molecule has 128 valence electrons. The number of hydrogen-bond donors (Lipinski definition) is 0. The number of fused-ring (bicyclic) bond motifs is 2. The molecule has 1 aliphatic heterocycles. The minimum Gasteiger partial charge on any atom is -0.493 e. The summed E-state index contributed by atoms with van der Waals surface area (Å²) in [6.45, 7) is 1.21. The van der Waals surface area contributed by atoms with Crippen molar-refractivity contribution in [3.05, 3.63) is 53.4 Å². The van der Waals surface area contributed by atoms with Crippen LogP contribution in [0, 0.1) is 0 Å². The summed E-state index contributed by atoms with van der Waals surface area (Å²) in [5.74, 6) is 1.38. The highest BCUT2D eigenvalue weighted by molar-refractivity contribution is 5.97. The number of methoxy groups -OCH3 is 2. The molecule has 4 rings (SSSR count). The summed E-state index contributed by atoms with van der Waals surface area (Å²) in [4.78, 5) is 18.8. The number of carbonyl (C=O) groups is 1. The smallest absolute Gasteiger partial charge is 0.254 e. The summed E-state index contributed by atoms with van der Waals surface area (Å²) in [5, 5.41) is 0. The minimum atomic E-state index is -0.0151. The molecule has 0 atom stereocenters. The summed E-state index contributed by atoms with van der Waals surface area (Å²) in [5.41, 5.74) is 4.24. The Balaban J connectivity index is 1.61. The third kappa shape index (κ3) is 2.69. The third-order valence-corrected chi connectivity index (χ3v) is 4.58. The van der Waals surface area contributed by atoms with E-state index in [1.807, 2.05) is 17.0 Å². The molecule has 0 N–H and O–H groups in total. The maximum Gasteiger partial charge on any atom is 0.254 e. The highest BCUT2D eigenvalue weighted by Crippen LogP contribution is 2.33. The average molecular weight is 338 g/mol. The number of rotatable bonds is 3. The molecule has 6 nitrogen and oxygen atoms in total. The van der Waals surface area contributed by atoms with Crippen molar-refractivity contribution in [1.29, 1.82) is 0 Å². The van der Waals surface area contributed by atoms with Crippen molar-refractivity contribution in [3.63, 3.8) is 0 Å². The Hall–Kier alpha value is -3.02. The molecule has 6 heteroatoms. The van der Waals surface area contributed by atoms with Crippen molar-refractivity contribution < 1.29 is 18.7 Å². The fourth-order valence-electron chi connectivity index (χ4n) is 3.23. The summed E-state index contributed by atoms with van der Waals surface area (Å²) < 4.78 is 16.0. The number of hydrogen-bond acceptors (Lipinski definition) is 5. The van der Waals surface area contributed by atoms with Crippen LogP contribution in [0.3, 0.4) is 0 Å². The van der Waals surface area contributed by atoms with E-state index in [1.165, 1.54) is 12.0 Å². The minimum absolute atomic E-state index is 0.0151. The molecule has 25 heavy (non-hydrogen) atoms. The first-order chi connectivity index (χ1) is 12.2. The van der Waals surface area contributed by atoms with E-state index in [2.05, 4.69) is 4.98 Å². The van der Waals surface area contributed by atoms with Crippen LogP contribution in [0.5, 0.6) is 11.5 Å². The second-order valence-corrected chi connectivity index (χ2v) is 5.99. The first-order valence-corrected chi connectivity index (χ1v) is 8.06. The maximum atomic E-state index is 12.9. The molecule has 1 aromatic heterocycles. The molecule has 0 unspecified atom stereocenters. The molecule has 1 aliphatic rings. The molecule has 0 radical (unpaired) electrons. The Morgan fingerprint density at radius 3 is 2.64 bits per heavy atom. The molecule has 1 amide bonds. The molecule has 0 saturated carbocycles. The lowest BCUT2D eigenvalue weighted by molar-refractivity contribution is 0.0734. The van der Waals surface area contributed by atoms with Crippen LogP contribution in [0.15, 0.2) is 41.1 Å². The molecule has 0 fully saturated rings. The largest absolute Gasteiger partial charge is 0.493 e.